The second kappa shape index (κ2) is 9.05. The zero-order valence-electron chi connectivity index (χ0n) is 15.0. The second-order valence-corrected chi connectivity index (χ2v) is 6.84. The van der Waals surface area contributed by atoms with E-state index in [1.54, 1.807) is 61.7 Å². The number of carbonyl (C=O) groups is 2. The summed E-state index contributed by atoms with van der Waals surface area (Å²) in [6, 6.07) is 17.6. The summed E-state index contributed by atoms with van der Waals surface area (Å²) < 4.78 is 0.897. The molecule has 0 radical (unpaired) electrons. The molecule has 2 amide bonds. The van der Waals surface area contributed by atoms with E-state index in [-0.39, 0.29) is 11.8 Å². The van der Waals surface area contributed by atoms with Gasteiger partial charge in [-0.1, -0.05) is 28.1 Å². The fourth-order valence-corrected chi connectivity index (χ4v) is 2.65. The Morgan fingerprint density at radius 3 is 2.39 bits per heavy atom. The molecule has 3 aromatic rings. The minimum Gasteiger partial charge on any atom is -0.322 e. The molecule has 0 saturated heterocycles. The van der Waals surface area contributed by atoms with E-state index >= 15 is 0 Å². The number of carbonyl (C=O) groups excluding carboxylic acids is 2. The van der Waals surface area contributed by atoms with Gasteiger partial charge in [-0.3, -0.25) is 14.6 Å². The van der Waals surface area contributed by atoms with Crippen LogP contribution in [0.5, 0.6) is 0 Å². The van der Waals surface area contributed by atoms with E-state index < -0.39 is 0 Å². The number of amides is 2. The van der Waals surface area contributed by atoms with Crippen molar-refractivity contribution in [3.8, 4) is 0 Å². The number of rotatable bonds is 5. The maximum atomic E-state index is 12.2. The molecule has 6 nitrogen and oxygen atoms in total. The van der Waals surface area contributed by atoms with Crippen LogP contribution in [-0.4, -0.2) is 22.5 Å². The SMILES string of the molecule is CC(=NNC(=O)c1ccc(Br)cc1)c1cccc(NC(=O)c2cccnc2)c1. The summed E-state index contributed by atoms with van der Waals surface area (Å²) in [5.74, 6) is -0.545. The Bertz CT molecular complexity index is 1020. The minimum atomic E-state index is -0.298. The van der Waals surface area contributed by atoms with Gasteiger partial charge in [0.05, 0.1) is 11.3 Å². The van der Waals surface area contributed by atoms with E-state index in [4.69, 9.17) is 0 Å². The Morgan fingerprint density at radius 1 is 0.929 bits per heavy atom. The number of hydrogen-bond donors (Lipinski definition) is 2. The van der Waals surface area contributed by atoms with Crippen molar-refractivity contribution in [1.82, 2.24) is 10.4 Å². The molecular formula is C21H17BrN4O2. The third-order valence-corrected chi connectivity index (χ3v) is 4.42. The Kier molecular flexibility index (Phi) is 6.29. The van der Waals surface area contributed by atoms with Crippen LogP contribution in [0.1, 0.15) is 33.2 Å². The summed E-state index contributed by atoms with van der Waals surface area (Å²) in [7, 11) is 0. The van der Waals surface area contributed by atoms with E-state index in [0.29, 0.717) is 22.5 Å². The van der Waals surface area contributed by atoms with Gasteiger partial charge >= 0.3 is 0 Å². The van der Waals surface area contributed by atoms with Crippen molar-refractivity contribution in [3.63, 3.8) is 0 Å². The molecule has 7 heteroatoms. The van der Waals surface area contributed by atoms with Gasteiger partial charge < -0.3 is 5.32 Å². The lowest BCUT2D eigenvalue weighted by Crippen LogP contribution is -2.19. The molecule has 1 heterocycles. The molecule has 3 rings (SSSR count). The largest absolute Gasteiger partial charge is 0.322 e. The van der Waals surface area contributed by atoms with Crippen molar-refractivity contribution in [1.29, 1.82) is 0 Å². The zero-order valence-corrected chi connectivity index (χ0v) is 16.6. The highest BCUT2D eigenvalue weighted by atomic mass is 79.9. The number of benzene rings is 2. The number of aromatic nitrogens is 1. The quantitative estimate of drug-likeness (QED) is 0.463. The van der Waals surface area contributed by atoms with Crippen LogP contribution in [0.4, 0.5) is 5.69 Å². The van der Waals surface area contributed by atoms with Crippen LogP contribution in [0, 0.1) is 0 Å². The molecule has 140 valence electrons. The van der Waals surface area contributed by atoms with Gasteiger partial charge in [-0.2, -0.15) is 5.10 Å². The number of hydrazone groups is 1. The first-order valence-electron chi connectivity index (χ1n) is 8.45. The summed E-state index contributed by atoms with van der Waals surface area (Å²) in [6.07, 6.45) is 3.11. The first-order chi connectivity index (χ1) is 13.5. The van der Waals surface area contributed by atoms with Gasteiger partial charge in [0.1, 0.15) is 0 Å². The van der Waals surface area contributed by atoms with Crippen LogP contribution in [0.15, 0.2) is 82.6 Å². The average Bonchev–Trinajstić information content (AvgIpc) is 2.73. The number of pyridine rings is 1. The van der Waals surface area contributed by atoms with Crippen LogP contribution in [-0.2, 0) is 0 Å². The molecule has 0 unspecified atom stereocenters. The lowest BCUT2D eigenvalue weighted by atomic mass is 10.1. The van der Waals surface area contributed by atoms with Crippen molar-refractivity contribution in [3.05, 3.63) is 94.2 Å². The lowest BCUT2D eigenvalue weighted by molar-refractivity contribution is 0.0954. The van der Waals surface area contributed by atoms with E-state index in [2.05, 4.69) is 36.8 Å². The van der Waals surface area contributed by atoms with Crippen molar-refractivity contribution in [2.45, 2.75) is 6.92 Å². The maximum absolute atomic E-state index is 12.2. The number of halogens is 1. The molecule has 2 aromatic carbocycles. The highest BCUT2D eigenvalue weighted by Crippen LogP contribution is 2.13. The third kappa shape index (κ3) is 5.11. The monoisotopic (exact) mass is 436 g/mol. The third-order valence-electron chi connectivity index (χ3n) is 3.89. The van der Waals surface area contributed by atoms with Crippen molar-refractivity contribution in [2.75, 3.05) is 5.32 Å². The predicted octanol–water partition coefficient (Wildman–Crippen LogP) is 4.25. The van der Waals surface area contributed by atoms with Gasteiger partial charge in [-0.15, -0.1) is 0 Å². The fourth-order valence-electron chi connectivity index (χ4n) is 2.39. The van der Waals surface area contributed by atoms with E-state index in [1.165, 1.54) is 6.20 Å². The van der Waals surface area contributed by atoms with Gasteiger partial charge in [-0.25, -0.2) is 5.43 Å². The maximum Gasteiger partial charge on any atom is 0.271 e. The van der Waals surface area contributed by atoms with Gasteiger partial charge in [-0.05, 0) is 61.0 Å². The molecule has 0 spiro atoms. The summed E-state index contributed by atoms with van der Waals surface area (Å²) >= 11 is 3.33. The first-order valence-corrected chi connectivity index (χ1v) is 9.24. The molecule has 0 aliphatic rings. The summed E-state index contributed by atoms with van der Waals surface area (Å²) in [4.78, 5) is 28.4. The highest BCUT2D eigenvalue weighted by molar-refractivity contribution is 9.10. The van der Waals surface area contributed by atoms with Gasteiger partial charge in [0.15, 0.2) is 0 Å². The van der Waals surface area contributed by atoms with Crippen LogP contribution in [0.2, 0.25) is 0 Å². The first kappa shape index (κ1) is 19.4. The second-order valence-electron chi connectivity index (χ2n) is 5.92. The normalized spacial score (nSPS) is 11.0. The van der Waals surface area contributed by atoms with Crippen molar-refractivity contribution < 1.29 is 9.59 Å². The molecule has 0 aliphatic carbocycles. The van der Waals surface area contributed by atoms with E-state index in [9.17, 15) is 9.59 Å². The molecular weight excluding hydrogens is 420 g/mol. The molecule has 2 N–H and O–H groups in total. The van der Waals surface area contributed by atoms with Gasteiger partial charge in [0.25, 0.3) is 11.8 Å². The van der Waals surface area contributed by atoms with Crippen molar-refractivity contribution >= 4 is 39.1 Å². The topological polar surface area (TPSA) is 83.5 Å². The Balaban J connectivity index is 1.68. The summed E-state index contributed by atoms with van der Waals surface area (Å²) in [5, 5.41) is 6.98. The smallest absolute Gasteiger partial charge is 0.271 e. The molecule has 0 bridgehead atoms. The van der Waals surface area contributed by atoms with Crippen molar-refractivity contribution in [2.24, 2.45) is 5.10 Å². The molecule has 0 saturated carbocycles. The number of nitrogens with zero attached hydrogens (tertiary/aromatic N) is 2. The zero-order chi connectivity index (χ0) is 19.9. The van der Waals surface area contributed by atoms with E-state index in [0.717, 1.165) is 10.0 Å². The number of anilines is 1. The standard InChI is InChI=1S/C21H17BrN4O2/c1-14(25-26-21(28)15-7-9-18(22)10-8-15)16-4-2-6-19(12-16)24-20(27)17-5-3-11-23-13-17/h2-13H,1H3,(H,24,27)(H,26,28). The molecule has 0 atom stereocenters. The molecule has 0 fully saturated rings. The van der Waals surface area contributed by atoms with Crippen LogP contribution < -0.4 is 10.7 Å². The molecule has 28 heavy (non-hydrogen) atoms. The minimum absolute atomic E-state index is 0.247. The van der Waals surface area contributed by atoms with E-state index in [1.807, 2.05) is 12.1 Å². The summed E-state index contributed by atoms with van der Waals surface area (Å²) in [6.45, 7) is 1.78. The number of hydrogen-bond acceptors (Lipinski definition) is 4. The van der Waals surface area contributed by atoms with Crippen LogP contribution in [0.25, 0.3) is 0 Å². The van der Waals surface area contributed by atoms with Gasteiger partial charge in [0.2, 0.25) is 0 Å². The summed E-state index contributed by atoms with van der Waals surface area (Å²) in [5.41, 5.74) is 5.54. The average molecular weight is 437 g/mol. The Hall–Kier alpha value is -3.32. The lowest BCUT2D eigenvalue weighted by Gasteiger charge is -2.08. The Labute approximate surface area is 170 Å². The molecule has 0 aliphatic heterocycles. The predicted molar refractivity (Wildman–Crippen MR) is 112 cm³/mol. The number of nitrogens with one attached hydrogen (secondary N) is 2. The fraction of sp³-hybridized carbons (Fsp3) is 0.0476. The van der Waals surface area contributed by atoms with Crippen LogP contribution in [0.3, 0.4) is 0 Å². The van der Waals surface area contributed by atoms with Gasteiger partial charge in [0, 0.05) is 28.1 Å². The molecule has 1 aromatic heterocycles. The van der Waals surface area contributed by atoms with Crippen LogP contribution >= 0.6 is 15.9 Å². The highest BCUT2D eigenvalue weighted by Gasteiger charge is 2.08. The Morgan fingerprint density at radius 2 is 1.68 bits per heavy atom.